The average molecular weight is 396 g/mol. The van der Waals surface area contributed by atoms with Crippen molar-refractivity contribution in [3.63, 3.8) is 0 Å². The minimum absolute atomic E-state index is 0.0237. The van der Waals surface area contributed by atoms with Crippen molar-refractivity contribution < 1.29 is 9.59 Å². The van der Waals surface area contributed by atoms with Crippen molar-refractivity contribution in [3.8, 4) is 0 Å². The van der Waals surface area contributed by atoms with Gasteiger partial charge < -0.3 is 5.32 Å². The molecular weight excluding hydrogens is 374 g/mol. The summed E-state index contributed by atoms with van der Waals surface area (Å²) in [6.45, 7) is 1.54. The first-order chi connectivity index (χ1) is 13.5. The first-order valence-electron chi connectivity index (χ1n) is 9.91. The normalized spacial score (nSPS) is 23.4. The Bertz CT molecular complexity index is 986. The Balaban J connectivity index is 1.62. The zero-order chi connectivity index (χ0) is 19.4. The van der Waals surface area contributed by atoms with E-state index in [9.17, 15) is 9.59 Å². The maximum Gasteiger partial charge on any atom is 0.259 e. The van der Waals surface area contributed by atoms with Crippen molar-refractivity contribution in [2.75, 3.05) is 4.90 Å². The SMILES string of the molecule is CC(=O)N[C@H]1CCCc2c1cncc2N1C(=O)c2ccc(Cl)cc2[C@@H]1C1CC1. The van der Waals surface area contributed by atoms with Crippen molar-refractivity contribution in [1.82, 2.24) is 10.3 Å². The van der Waals surface area contributed by atoms with E-state index >= 15 is 0 Å². The summed E-state index contributed by atoms with van der Waals surface area (Å²) in [7, 11) is 0. The van der Waals surface area contributed by atoms with Crippen LogP contribution in [0.5, 0.6) is 0 Å². The number of halogens is 1. The Morgan fingerprint density at radius 3 is 2.79 bits per heavy atom. The molecule has 5 nitrogen and oxygen atoms in total. The van der Waals surface area contributed by atoms with Crippen LogP contribution in [0.25, 0.3) is 0 Å². The number of carbonyl (C=O) groups is 2. The summed E-state index contributed by atoms with van der Waals surface area (Å²) in [5.74, 6) is 0.452. The summed E-state index contributed by atoms with van der Waals surface area (Å²) in [5.41, 5.74) is 4.84. The fourth-order valence-corrected chi connectivity index (χ4v) is 4.99. The molecule has 1 N–H and O–H groups in total. The number of benzene rings is 1. The highest BCUT2D eigenvalue weighted by Gasteiger charge is 2.47. The van der Waals surface area contributed by atoms with Gasteiger partial charge in [0.2, 0.25) is 5.91 Å². The fourth-order valence-electron chi connectivity index (χ4n) is 4.81. The van der Waals surface area contributed by atoms with E-state index in [0.717, 1.165) is 60.0 Å². The van der Waals surface area contributed by atoms with Crippen LogP contribution in [-0.4, -0.2) is 16.8 Å². The van der Waals surface area contributed by atoms with Crippen LogP contribution in [0.4, 0.5) is 5.69 Å². The molecule has 5 rings (SSSR count). The highest BCUT2D eigenvalue weighted by Crippen LogP contribution is 2.52. The number of amides is 2. The largest absolute Gasteiger partial charge is 0.349 e. The van der Waals surface area contributed by atoms with Gasteiger partial charge in [-0.2, -0.15) is 0 Å². The Kier molecular flexibility index (Phi) is 4.16. The molecule has 1 aromatic carbocycles. The van der Waals surface area contributed by atoms with Gasteiger partial charge in [-0.1, -0.05) is 11.6 Å². The maximum absolute atomic E-state index is 13.4. The van der Waals surface area contributed by atoms with E-state index in [1.54, 1.807) is 13.0 Å². The Morgan fingerprint density at radius 1 is 1.21 bits per heavy atom. The zero-order valence-electron chi connectivity index (χ0n) is 15.7. The van der Waals surface area contributed by atoms with Gasteiger partial charge in [-0.25, -0.2) is 0 Å². The van der Waals surface area contributed by atoms with Gasteiger partial charge in [0.1, 0.15) is 0 Å². The molecule has 3 aliphatic rings. The topological polar surface area (TPSA) is 62.3 Å². The second-order valence-corrected chi connectivity index (χ2v) is 8.50. The molecule has 0 saturated heterocycles. The van der Waals surface area contributed by atoms with Gasteiger partial charge in [-0.3, -0.25) is 19.5 Å². The number of nitrogens with zero attached hydrogens (tertiary/aromatic N) is 2. The van der Waals surface area contributed by atoms with Gasteiger partial charge in [0.05, 0.1) is 24.0 Å². The number of hydrogen-bond donors (Lipinski definition) is 1. The molecule has 1 saturated carbocycles. The van der Waals surface area contributed by atoms with Crippen LogP contribution >= 0.6 is 11.6 Å². The summed E-state index contributed by atoms with van der Waals surface area (Å²) < 4.78 is 0. The molecule has 2 atom stereocenters. The minimum atomic E-state index is -0.0431. The van der Waals surface area contributed by atoms with E-state index in [2.05, 4.69) is 10.3 Å². The third-order valence-electron chi connectivity index (χ3n) is 6.13. The number of aromatic nitrogens is 1. The number of nitrogens with one attached hydrogen (secondary N) is 1. The molecule has 6 heteroatoms. The first kappa shape index (κ1) is 17.7. The number of hydrogen-bond acceptors (Lipinski definition) is 3. The summed E-state index contributed by atoms with van der Waals surface area (Å²) >= 11 is 6.26. The van der Waals surface area contributed by atoms with Crippen LogP contribution in [0.1, 0.15) is 71.7 Å². The highest BCUT2D eigenvalue weighted by molar-refractivity contribution is 6.31. The van der Waals surface area contributed by atoms with E-state index in [0.29, 0.717) is 10.9 Å². The predicted octanol–water partition coefficient (Wildman–Crippen LogP) is 4.36. The van der Waals surface area contributed by atoms with E-state index in [1.165, 1.54) is 0 Å². The molecule has 0 spiro atoms. The van der Waals surface area contributed by atoms with E-state index in [4.69, 9.17) is 11.6 Å². The number of pyridine rings is 1. The third-order valence-corrected chi connectivity index (χ3v) is 6.36. The van der Waals surface area contributed by atoms with Crippen molar-refractivity contribution in [3.05, 3.63) is 57.9 Å². The van der Waals surface area contributed by atoms with Crippen molar-refractivity contribution in [2.24, 2.45) is 5.92 Å². The molecule has 28 heavy (non-hydrogen) atoms. The maximum atomic E-state index is 13.4. The smallest absolute Gasteiger partial charge is 0.259 e. The second kappa shape index (κ2) is 6.59. The van der Waals surface area contributed by atoms with Crippen LogP contribution in [0, 0.1) is 5.92 Å². The van der Waals surface area contributed by atoms with E-state index in [1.807, 2.05) is 29.4 Å². The molecule has 1 aliphatic heterocycles. The van der Waals surface area contributed by atoms with Gasteiger partial charge in [-0.05, 0) is 72.9 Å². The van der Waals surface area contributed by atoms with Gasteiger partial charge in [0.25, 0.3) is 5.91 Å². The second-order valence-electron chi connectivity index (χ2n) is 8.06. The third kappa shape index (κ3) is 2.80. The lowest BCUT2D eigenvalue weighted by atomic mass is 9.87. The zero-order valence-corrected chi connectivity index (χ0v) is 16.5. The van der Waals surface area contributed by atoms with Crippen LogP contribution in [-0.2, 0) is 11.2 Å². The molecule has 0 unspecified atom stereocenters. The first-order valence-corrected chi connectivity index (χ1v) is 10.3. The monoisotopic (exact) mass is 395 g/mol. The van der Waals surface area contributed by atoms with Crippen LogP contribution < -0.4 is 10.2 Å². The molecule has 2 heterocycles. The van der Waals surface area contributed by atoms with Crippen molar-refractivity contribution in [1.29, 1.82) is 0 Å². The summed E-state index contributed by atoms with van der Waals surface area (Å²) in [6.07, 6.45) is 8.67. The predicted molar refractivity (Wildman–Crippen MR) is 107 cm³/mol. The lowest BCUT2D eigenvalue weighted by Crippen LogP contribution is -2.33. The average Bonchev–Trinajstić information content (AvgIpc) is 3.46. The lowest BCUT2D eigenvalue weighted by Gasteiger charge is -2.32. The fraction of sp³-hybridized carbons (Fsp3) is 0.409. The van der Waals surface area contributed by atoms with Gasteiger partial charge in [-0.15, -0.1) is 0 Å². The molecule has 0 bridgehead atoms. The van der Waals surface area contributed by atoms with Crippen LogP contribution in [0.2, 0.25) is 5.02 Å². The molecule has 2 aliphatic carbocycles. The molecule has 144 valence electrons. The minimum Gasteiger partial charge on any atom is -0.349 e. The molecule has 2 amide bonds. The van der Waals surface area contributed by atoms with Crippen LogP contribution in [0.15, 0.2) is 30.6 Å². The van der Waals surface area contributed by atoms with E-state index < -0.39 is 0 Å². The summed E-state index contributed by atoms with van der Waals surface area (Å²) in [6, 6.07) is 5.56. The Labute approximate surface area is 169 Å². The molecule has 0 radical (unpaired) electrons. The highest BCUT2D eigenvalue weighted by atomic mass is 35.5. The molecular formula is C22H22ClN3O2. The van der Waals surface area contributed by atoms with Gasteiger partial charge >= 0.3 is 0 Å². The van der Waals surface area contributed by atoms with Gasteiger partial charge in [0, 0.05) is 23.7 Å². The number of carbonyl (C=O) groups excluding carboxylic acids is 2. The summed E-state index contributed by atoms with van der Waals surface area (Å²) in [5, 5.41) is 3.70. The quantitative estimate of drug-likeness (QED) is 0.839. The van der Waals surface area contributed by atoms with E-state index in [-0.39, 0.29) is 23.9 Å². The number of anilines is 1. The van der Waals surface area contributed by atoms with Crippen LogP contribution in [0.3, 0.4) is 0 Å². The Hall–Kier alpha value is -2.40. The molecule has 1 aromatic heterocycles. The van der Waals surface area contributed by atoms with Crippen molar-refractivity contribution >= 4 is 29.1 Å². The molecule has 1 fully saturated rings. The van der Waals surface area contributed by atoms with Crippen molar-refractivity contribution in [2.45, 2.75) is 51.1 Å². The lowest BCUT2D eigenvalue weighted by molar-refractivity contribution is -0.119. The number of fused-ring (bicyclic) bond motifs is 2. The number of rotatable bonds is 3. The summed E-state index contributed by atoms with van der Waals surface area (Å²) in [4.78, 5) is 31.4. The molecule has 2 aromatic rings. The standard InChI is InChI=1S/C22H22ClN3O2/c1-12(27)25-19-4-2-3-15-18(19)10-24-11-20(15)26-21(13-5-6-13)17-9-14(23)7-8-16(17)22(26)28/h7-11,13,19,21H,2-6H2,1H3,(H,25,27)/t19-,21-/m0/s1. The Morgan fingerprint density at radius 2 is 2.04 bits per heavy atom. The van der Waals surface area contributed by atoms with Gasteiger partial charge in [0.15, 0.2) is 0 Å².